The standard InChI is InChI=1S/C15H15ClN2O2/c1-11-4-2-3-5-12(11)9-17-10-13-8-14(16)6-7-15(13)18(19)20/h2-8,17H,9-10H2,1H3. The minimum atomic E-state index is -0.388. The number of hydrogen-bond donors (Lipinski definition) is 1. The van der Waals surface area contributed by atoms with Gasteiger partial charge < -0.3 is 5.32 Å². The first-order chi connectivity index (χ1) is 9.58. The van der Waals surface area contributed by atoms with Crippen molar-refractivity contribution in [2.24, 2.45) is 0 Å². The van der Waals surface area contributed by atoms with Crippen LogP contribution < -0.4 is 5.32 Å². The molecule has 0 saturated heterocycles. The van der Waals surface area contributed by atoms with Gasteiger partial charge in [-0.3, -0.25) is 10.1 Å². The highest BCUT2D eigenvalue weighted by Gasteiger charge is 2.13. The summed E-state index contributed by atoms with van der Waals surface area (Å²) in [5.41, 5.74) is 3.06. The summed E-state index contributed by atoms with van der Waals surface area (Å²) < 4.78 is 0. The quantitative estimate of drug-likeness (QED) is 0.672. The first-order valence-electron chi connectivity index (χ1n) is 6.26. The average molecular weight is 291 g/mol. The van der Waals surface area contributed by atoms with Gasteiger partial charge in [-0.25, -0.2) is 0 Å². The Morgan fingerprint density at radius 1 is 1.15 bits per heavy atom. The van der Waals surface area contributed by atoms with Gasteiger partial charge in [0.1, 0.15) is 0 Å². The minimum absolute atomic E-state index is 0.0895. The summed E-state index contributed by atoms with van der Waals surface area (Å²) in [5.74, 6) is 0. The van der Waals surface area contributed by atoms with Gasteiger partial charge in [-0.2, -0.15) is 0 Å². The highest BCUT2D eigenvalue weighted by molar-refractivity contribution is 6.30. The second-order valence-corrected chi connectivity index (χ2v) is 5.00. The topological polar surface area (TPSA) is 55.2 Å². The lowest BCUT2D eigenvalue weighted by molar-refractivity contribution is -0.385. The highest BCUT2D eigenvalue weighted by Crippen LogP contribution is 2.22. The van der Waals surface area contributed by atoms with Crippen molar-refractivity contribution < 1.29 is 4.92 Å². The molecule has 0 bridgehead atoms. The Morgan fingerprint density at radius 2 is 1.85 bits per heavy atom. The summed E-state index contributed by atoms with van der Waals surface area (Å²) in [6, 6.07) is 12.6. The lowest BCUT2D eigenvalue weighted by Crippen LogP contribution is -2.14. The maximum absolute atomic E-state index is 11.0. The number of halogens is 1. The number of nitro groups is 1. The Hall–Kier alpha value is -1.91. The first kappa shape index (κ1) is 14.5. The summed E-state index contributed by atoms with van der Waals surface area (Å²) >= 11 is 5.89. The molecule has 0 unspecified atom stereocenters. The lowest BCUT2D eigenvalue weighted by Gasteiger charge is -2.08. The van der Waals surface area contributed by atoms with E-state index in [0.717, 1.165) is 0 Å². The lowest BCUT2D eigenvalue weighted by atomic mass is 10.1. The van der Waals surface area contributed by atoms with E-state index in [1.807, 2.05) is 31.2 Å². The summed E-state index contributed by atoms with van der Waals surface area (Å²) in [4.78, 5) is 10.6. The van der Waals surface area contributed by atoms with Crippen molar-refractivity contribution in [3.63, 3.8) is 0 Å². The minimum Gasteiger partial charge on any atom is -0.308 e. The molecule has 0 saturated carbocycles. The van der Waals surface area contributed by atoms with Gasteiger partial charge in [-0.15, -0.1) is 0 Å². The van der Waals surface area contributed by atoms with Crippen LogP contribution in [0.1, 0.15) is 16.7 Å². The Kier molecular flexibility index (Phi) is 4.71. The van der Waals surface area contributed by atoms with Crippen LogP contribution in [0.2, 0.25) is 5.02 Å². The van der Waals surface area contributed by atoms with Crippen molar-refractivity contribution in [1.82, 2.24) is 5.32 Å². The van der Waals surface area contributed by atoms with Crippen LogP contribution in [0, 0.1) is 17.0 Å². The molecular weight excluding hydrogens is 276 g/mol. The number of nitrogens with one attached hydrogen (secondary N) is 1. The average Bonchev–Trinajstić information content (AvgIpc) is 2.41. The van der Waals surface area contributed by atoms with Crippen molar-refractivity contribution in [1.29, 1.82) is 0 Å². The van der Waals surface area contributed by atoms with E-state index in [2.05, 4.69) is 5.32 Å². The Bertz CT molecular complexity index is 629. The van der Waals surface area contributed by atoms with Crippen LogP contribution in [0.4, 0.5) is 5.69 Å². The fourth-order valence-corrected chi connectivity index (χ4v) is 2.21. The van der Waals surface area contributed by atoms with Crippen molar-refractivity contribution >= 4 is 17.3 Å². The van der Waals surface area contributed by atoms with Gasteiger partial charge in [-0.1, -0.05) is 35.9 Å². The van der Waals surface area contributed by atoms with Gasteiger partial charge in [-0.05, 0) is 30.2 Å². The third-order valence-corrected chi connectivity index (χ3v) is 3.37. The van der Waals surface area contributed by atoms with Crippen molar-refractivity contribution in [3.05, 3.63) is 74.3 Å². The van der Waals surface area contributed by atoms with Gasteiger partial charge in [0.25, 0.3) is 5.69 Å². The Balaban J connectivity index is 2.06. The van der Waals surface area contributed by atoms with E-state index >= 15 is 0 Å². The number of hydrogen-bond acceptors (Lipinski definition) is 3. The molecule has 0 aliphatic rings. The van der Waals surface area contributed by atoms with E-state index in [0.29, 0.717) is 23.7 Å². The second-order valence-electron chi connectivity index (χ2n) is 4.56. The van der Waals surface area contributed by atoms with Crippen LogP contribution >= 0.6 is 11.6 Å². The van der Waals surface area contributed by atoms with Crippen LogP contribution in [0.3, 0.4) is 0 Å². The highest BCUT2D eigenvalue weighted by atomic mass is 35.5. The molecule has 0 aromatic heterocycles. The zero-order valence-electron chi connectivity index (χ0n) is 11.1. The van der Waals surface area contributed by atoms with Crippen molar-refractivity contribution in [3.8, 4) is 0 Å². The smallest absolute Gasteiger partial charge is 0.273 e. The van der Waals surface area contributed by atoms with Crippen molar-refractivity contribution in [2.75, 3.05) is 0 Å². The molecule has 2 aromatic rings. The SMILES string of the molecule is Cc1ccccc1CNCc1cc(Cl)ccc1[N+](=O)[O-]. The number of nitro benzene ring substituents is 1. The maximum atomic E-state index is 11.0. The molecule has 1 N–H and O–H groups in total. The Morgan fingerprint density at radius 3 is 2.55 bits per heavy atom. The van der Waals surface area contributed by atoms with Gasteiger partial charge >= 0.3 is 0 Å². The summed E-state index contributed by atoms with van der Waals surface area (Å²) in [7, 11) is 0. The molecule has 0 amide bonds. The molecule has 2 aromatic carbocycles. The van der Waals surface area contributed by atoms with E-state index in [9.17, 15) is 10.1 Å². The van der Waals surface area contributed by atoms with Crippen LogP contribution in [0.15, 0.2) is 42.5 Å². The molecule has 0 spiro atoms. The third-order valence-electron chi connectivity index (χ3n) is 3.13. The third kappa shape index (κ3) is 3.56. The van der Waals surface area contributed by atoms with Crippen molar-refractivity contribution in [2.45, 2.75) is 20.0 Å². The number of aryl methyl sites for hydroxylation is 1. The zero-order valence-corrected chi connectivity index (χ0v) is 11.9. The number of rotatable bonds is 5. The molecule has 0 aliphatic heterocycles. The van der Waals surface area contributed by atoms with Crippen LogP contribution in [0.25, 0.3) is 0 Å². The maximum Gasteiger partial charge on any atom is 0.273 e. The number of benzene rings is 2. The molecule has 2 rings (SSSR count). The molecule has 4 nitrogen and oxygen atoms in total. The molecule has 0 heterocycles. The molecule has 0 fully saturated rings. The fraction of sp³-hybridized carbons (Fsp3) is 0.200. The van der Waals surface area contributed by atoms with E-state index in [1.54, 1.807) is 6.07 Å². The van der Waals surface area contributed by atoms with Crippen LogP contribution in [-0.2, 0) is 13.1 Å². The normalized spacial score (nSPS) is 10.5. The summed E-state index contributed by atoms with van der Waals surface area (Å²) in [5, 5.41) is 14.7. The van der Waals surface area contributed by atoms with E-state index in [4.69, 9.17) is 11.6 Å². The molecular formula is C15H15ClN2O2. The first-order valence-corrected chi connectivity index (χ1v) is 6.64. The van der Waals surface area contributed by atoms with E-state index < -0.39 is 0 Å². The molecule has 20 heavy (non-hydrogen) atoms. The Labute approximate surface area is 122 Å². The van der Waals surface area contributed by atoms with Gasteiger partial charge in [0, 0.05) is 29.7 Å². The van der Waals surface area contributed by atoms with E-state index in [1.165, 1.54) is 23.3 Å². The predicted molar refractivity (Wildman–Crippen MR) is 79.8 cm³/mol. The molecule has 5 heteroatoms. The van der Waals surface area contributed by atoms with Gasteiger partial charge in [0.15, 0.2) is 0 Å². The second kappa shape index (κ2) is 6.50. The fourth-order valence-electron chi connectivity index (χ4n) is 2.01. The molecule has 104 valence electrons. The molecule has 0 radical (unpaired) electrons. The predicted octanol–water partition coefficient (Wildman–Crippen LogP) is 3.85. The van der Waals surface area contributed by atoms with Crippen LogP contribution in [-0.4, -0.2) is 4.92 Å². The molecule has 0 atom stereocenters. The monoisotopic (exact) mass is 290 g/mol. The van der Waals surface area contributed by atoms with E-state index in [-0.39, 0.29) is 10.6 Å². The largest absolute Gasteiger partial charge is 0.308 e. The number of nitrogens with zero attached hydrogens (tertiary/aromatic N) is 1. The van der Waals surface area contributed by atoms with Gasteiger partial charge in [0.2, 0.25) is 0 Å². The molecule has 0 aliphatic carbocycles. The summed E-state index contributed by atoms with van der Waals surface area (Å²) in [6.07, 6.45) is 0. The zero-order chi connectivity index (χ0) is 14.5. The summed E-state index contributed by atoms with van der Waals surface area (Å²) in [6.45, 7) is 3.11. The van der Waals surface area contributed by atoms with Crippen LogP contribution in [0.5, 0.6) is 0 Å². The van der Waals surface area contributed by atoms with Gasteiger partial charge in [0.05, 0.1) is 4.92 Å².